The highest BCUT2D eigenvalue weighted by Gasteiger charge is 2.41. The second kappa shape index (κ2) is 12.3. The zero-order chi connectivity index (χ0) is 30.8. The van der Waals surface area contributed by atoms with Crippen molar-refractivity contribution in [1.29, 1.82) is 0 Å². The minimum Gasteiger partial charge on any atom is -0.469 e. The first-order valence-corrected chi connectivity index (χ1v) is 16.1. The molecule has 0 aliphatic heterocycles. The van der Waals surface area contributed by atoms with Crippen molar-refractivity contribution < 1.29 is 22.7 Å². The third kappa shape index (κ3) is 6.38. The van der Waals surface area contributed by atoms with Crippen molar-refractivity contribution in [1.82, 2.24) is 14.6 Å². The van der Waals surface area contributed by atoms with Crippen molar-refractivity contribution in [3.05, 3.63) is 90.5 Å². The Labute approximate surface area is 253 Å². The van der Waals surface area contributed by atoms with E-state index in [2.05, 4.69) is 16.1 Å². The summed E-state index contributed by atoms with van der Waals surface area (Å²) in [6, 6.07) is 25.8. The molecule has 1 heterocycles. The smallest absolute Gasteiger partial charge is 0.313 e. The second-order valence-electron chi connectivity index (χ2n) is 11.9. The summed E-state index contributed by atoms with van der Waals surface area (Å²) < 4.78 is 36.7. The van der Waals surface area contributed by atoms with Crippen LogP contribution in [0, 0.1) is 11.3 Å². The maximum Gasteiger partial charge on any atom is 0.313 e. The van der Waals surface area contributed by atoms with Crippen LogP contribution in [0.5, 0.6) is 0 Å². The third-order valence-electron chi connectivity index (χ3n) is 8.67. The first-order chi connectivity index (χ1) is 20.5. The largest absolute Gasteiger partial charge is 0.469 e. The second-order valence-corrected chi connectivity index (χ2v) is 13.6. The van der Waals surface area contributed by atoms with E-state index in [4.69, 9.17) is 4.74 Å². The Morgan fingerprint density at radius 1 is 0.907 bits per heavy atom. The van der Waals surface area contributed by atoms with E-state index in [1.165, 1.54) is 7.11 Å². The van der Waals surface area contributed by atoms with Crippen LogP contribution in [0.25, 0.3) is 22.2 Å². The van der Waals surface area contributed by atoms with Gasteiger partial charge in [0.25, 0.3) is 0 Å². The summed E-state index contributed by atoms with van der Waals surface area (Å²) in [6.07, 6.45) is 2.16. The Balaban J connectivity index is 1.25. The minimum absolute atomic E-state index is 0.143. The minimum atomic E-state index is -3.76. The van der Waals surface area contributed by atoms with Gasteiger partial charge < -0.3 is 14.6 Å². The first kappa shape index (κ1) is 30.5. The van der Waals surface area contributed by atoms with Crippen molar-refractivity contribution in [3.8, 4) is 11.3 Å². The van der Waals surface area contributed by atoms with Gasteiger partial charge in [-0.3, -0.25) is 9.59 Å². The van der Waals surface area contributed by atoms with E-state index in [9.17, 15) is 18.0 Å². The van der Waals surface area contributed by atoms with Crippen LogP contribution >= 0.6 is 0 Å². The molecule has 8 nitrogen and oxygen atoms in total. The SMILES string of the molecule is COC(=O)C(C)(C)[C@@H](NC(=O)[C@H]1CC[C@H](NS(=O)(=O)c2ccc3cc(-c4ccccc4)n(C)c3c2)CC1)c1ccccc1. The fourth-order valence-electron chi connectivity index (χ4n) is 6.09. The molecule has 1 saturated carbocycles. The molecule has 0 radical (unpaired) electrons. The number of methoxy groups -OCH3 is 1. The number of carbonyl (C=O) groups excluding carboxylic acids is 2. The van der Waals surface area contributed by atoms with E-state index in [1.807, 2.05) is 78.3 Å². The van der Waals surface area contributed by atoms with Crippen LogP contribution in [-0.4, -0.2) is 38.0 Å². The molecule has 1 aromatic heterocycles. The highest BCUT2D eigenvalue weighted by atomic mass is 32.2. The number of benzene rings is 3. The van der Waals surface area contributed by atoms with Gasteiger partial charge in [-0.2, -0.15) is 0 Å². The Hall–Kier alpha value is -3.95. The number of carbonyl (C=O) groups is 2. The van der Waals surface area contributed by atoms with Gasteiger partial charge in [0.05, 0.1) is 23.5 Å². The summed E-state index contributed by atoms with van der Waals surface area (Å²) in [4.78, 5) is 26.2. The average molecular weight is 602 g/mol. The fourth-order valence-corrected chi connectivity index (χ4v) is 7.42. The van der Waals surface area contributed by atoms with Gasteiger partial charge in [0.2, 0.25) is 15.9 Å². The molecular weight excluding hydrogens is 562 g/mol. The van der Waals surface area contributed by atoms with Crippen LogP contribution in [0.3, 0.4) is 0 Å². The zero-order valence-electron chi connectivity index (χ0n) is 25.0. The predicted molar refractivity (Wildman–Crippen MR) is 168 cm³/mol. The number of sulfonamides is 1. The molecule has 1 aliphatic carbocycles. The number of nitrogens with zero attached hydrogens (tertiary/aromatic N) is 1. The van der Waals surface area contributed by atoms with E-state index < -0.39 is 27.4 Å². The molecule has 4 aromatic rings. The fraction of sp³-hybridized carbons (Fsp3) is 0.353. The number of aryl methyl sites for hydroxylation is 1. The Kier molecular flexibility index (Phi) is 8.76. The highest BCUT2D eigenvalue weighted by Crippen LogP contribution is 2.36. The van der Waals surface area contributed by atoms with Gasteiger partial charge in [-0.15, -0.1) is 0 Å². The molecule has 9 heteroatoms. The molecule has 1 fully saturated rings. The van der Waals surface area contributed by atoms with Gasteiger partial charge in [-0.1, -0.05) is 66.7 Å². The topological polar surface area (TPSA) is 106 Å². The summed E-state index contributed by atoms with van der Waals surface area (Å²) in [5.74, 6) is -0.836. The van der Waals surface area contributed by atoms with Crippen molar-refractivity contribution in [2.24, 2.45) is 18.4 Å². The Morgan fingerprint density at radius 2 is 1.53 bits per heavy atom. The van der Waals surface area contributed by atoms with Crippen LogP contribution in [-0.2, 0) is 31.4 Å². The van der Waals surface area contributed by atoms with Crippen LogP contribution in [0.2, 0.25) is 0 Å². The number of hydrogen-bond donors (Lipinski definition) is 2. The maximum absolute atomic E-state index is 13.4. The third-order valence-corrected chi connectivity index (χ3v) is 10.2. The molecule has 43 heavy (non-hydrogen) atoms. The lowest BCUT2D eigenvalue weighted by molar-refractivity contribution is -0.153. The monoisotopic (exact) mass is 601 g/mol. The highest BCUT2D eigenvalue weighted by molar-refractivity contribution is 7.89. The number of fused-ring (bicyclic) bond motifs is 1. The number of esters is 1. The molecule has 3 aromatic carbocycles. The molecule has 0 bridgehead atoms. The van der Waals surface area contributed by atoms with E-state index in [-0.39, 0.29) is 22.8 Å². The van der Waals surface area contributed by atoms with Crippen LogP contribution < -0.4 is 10.0 Å². The first-order valence-electron chi connectivity index (χ1n) is 14.6. The quantitative estimate of drug-likeness (QED) is 0.238. The summed E-state index contributed by atoms with van der Waals surface area (Å²) >= 11 is 0. The van der Waals surface area contributed by atoms with Crippen LogP contribution in [0.1, 0.15) is 51.1 Å². The molecule has 1 atom stereocenters. The molecule has 226 valence electrons. The van der Waals surface area contributed by atoms with Gasteiger partial charge >= 0.3 is 5.97 Å². The summed E-state index contributed by atoms with van der Waals surface area (Å²) in [6.45, 7) is 3.52. The molecule has 1 amide bonds. The van der Waals surface area contributed by atoms with E-state index >= 15 is 0 Å². The van der Waals surface area contributed by atoms with Crippen molar-refractivity contribution in [3.63, 3.8) is 0 Å². The molecule has 0 unspecified atom stereocenters. The summed E-state index contributed by atoms with van der Waals surface area (Å²) in [7, 11) is -0.480. The van der Waals surface area contributed by atoms with Crippen molar-refractivity contribution >= 4 is 32.8 Å². The standard InChI is InChI=1S/C34H39N3O5S/c1-34(2,33(39)42-4)31(24-13-9-6-10-14-24)35-32(38)25-15-18-27(19-16-25)36-43(40,41)28-20-17-26-21-29(37(3)30(26)22-28)23-11-7-5-8-12-23/h5-14,17,20-22,25,27,31,36H,15-16,18-19H2,1-4H3,(H,35,38)/t25-,27-,31-/m0/s1. The zero-order valence-corrected chi connectivity index (χ0v) is 25.9. The molecular formula is C34H39N3O5S. The van der Waals surface area contributed by atoms with E-state index in [1.54, 1.807) is 26.0 Å². The molecule has 0 spiro atoms. The van der Waals surface area contributed by atoms with E-state index in [0.717, 1.165) is 27.7 Å². The number of ether oxygens (including phenoxy) is 1. The lowest BCUT2D eigenvalue weighted by atomic mass is 9.79. The van der Waals surface area contributed by atoms with Gasteiger partial charge in [0, 0.05) is 35.6 Å². The Bertz CT molecular complexity index is 1710. The van der Waals surface area contributed by atoms with Gasteiger partial charge in [0.1, 0.15) is 0 Å². The Morgan fingerprint density at radius 3 is 2.16 bits per heavy atom. The number of rotatable bonds is 9. The van der Waals surface area contributed by atoms with Crippen LogP contribution in [0.4, 0.5) is 0 Å². The van der Waals surface area contributed by atoms with E-state index in [0.29, 0.717) is 25.7 Å². The van der Waals surface area contributed by atoms with Crippen molar-refractivity contribution in [2.75, 3.05) is 7.11 Å². The molecule has 1 aliphatic rings. The summed E-state index contributed by atoms with van der Waals surface area (Å²) in [5, 5.41) is 4.07. The van der Waals surface area contributed by atoms with Gasteiger partial charge in [0.15, 0.2) is 0 Å². The summed E-state index contributed by atoms with van der Waals surface area (Å²) in [5.41, 5.74) is 2.75. The lowest BCUT2D eigenvalue weighted by Gasteiger charge is -2.35. The molecule has 5 rings (SSSR count). The lowest BCUT2D eigenvalue weighted by Crippen LogP contribution is -2.46. The normalized spacial score (nSPS) is 18.2. The molecule has 0 saturated heterocycles. The maximum atomic E-state index is 13.4. The van der Waals surface area contributed by atoms with Gasteiger partial charge in [-0.25, -0.2) is 13.1 Å². The number of aromatic nitrogens is 1. The average Bonchev–Trinajstić information content (AvgIpc) is 3.35. The number of amides is 1. The van der Waals surface area contributed by atoms with Crippen molar-refractivity contribution in [2.45, 2.75) is 56.5 Å². The molecule has 2 N–H and O–H groups in total. The van der Waals surface area contributed by atoms with Crippen LogP contribution in [0.15, 0.2) is 89.8 Å². The predicted octanol–water partition coefficient (Wildman–Crippen LogP) is 5.74. The van der Waals surface area contributed by atoms with Gasteiger partial charge in [-0.05, 0) is 68.9 Å². The number of hydrogen-bond acceptors (Lipinski definition) is 5. The number of nitrogens with one attached hydrogen (secondary N) is 2.